The highest BCUT2D eigenvalue weighted by molar-refractivity contribution is 5.94. The number of amides is 6. The average Bonchev–Trinajstić information content (AvgIpc) is 3.24. The van der Waals surface area contributed by atoms with Crippen LogP contribution < -0.4 is 32.7 Å². The monoisotopic (exact) mass is 857 g/mol. The van der Waals surface area contributed by atoms with E-state index in [4.69, 9.17) is 11.5 Å². The highest BCUT2D eigenvalue weighted by Crippen LogP contribution is 2.18. The van der Waals surface area contributed by atoms with Crippen LogP contribution in [0.25, 0.3) is 10.8 Å². The van der Waals surface area contributed by atoms with Crippen molar-refractivity contribution in [2.45, 2.75) is 154 Å². The normalized spacial score (nSPS) is 13.5. The zero-order valence-corrected chi connectivity index (χ0v) is 36.5. The van der Waals surface area contributed by atoms with Crippen LogP contribution in [0.3, 0.4) is 0 Å². The molecule has 3 aromatic rings. The van der Waals surface area contributed by atoms with Crippen LogP contribution >= 0.6 is 0 Å². The van der Waals surface area contributed by atoms with Crippen LogP contribution in [0.1, 0.15) is 128 Å². The number of carboxylic acid groups (broad SMARTS) is 1. The second-order valence-electron chi connectivity index (χ2n) is 16.4. The highest BCUT2D eigenvalue weighted by Gasteiger charge is 2.30. The van der Waals surface area contributed by atoms with Crippen LogP contribution in [0.5, 0.6) is 0 Å². The molecule has 0 heterocycles. The fraction of sp³-hybridized carbons (Fsp3) is 0.521. The molecule has 0 aliphatic rings. The molecule has 3 aromatic carbocycles. The molecule has 62 heavy (non-hydrogen) atoms. The van der Waals surface area contributed by atoms with Gasteiger partial charge in [-0.05, 0) is 40.7 Å². The molecule has 0 bridgehead atoms. The number of carbonyl (C=O) groups is 7. The maximum absolute atomic E-state index is 13.2. The second kappa shape index (κ2) is 27.9. The fourth-order valence-corrected chi connectivity index (χ4v) is 7.37. The first kappa shape index (κ1) is 50.6. The van der Waals surface area contributed by atoms with E-state index in [1.54, 1.807) is 6.07 Å². The first-order valence-corrected chi connectivity index (χ1v) is 22.3. The van der Waals surface area contributed by atoms with E-state index in [1.807, 2.05) is 80.6 Å². The molecule has 0 aliphatic carbocycles. The van der Waals surface area contributed by atoms with Crippen molar-refractivity contribution < 1.29 is 38.7 Å². The third-order valence-electron chi connectivity index (χ3n) is 11.2. The molecule has 1 unspecified atom stereocenters. The van der Waals surface area contributed by atoms with Gasteiger partial charge in [-0.3, -0.25) is 28.8 Å². The number of nitrogens with one attached hydrogen (secondary N) is 4. The summed E-state index contributed by atoms with van der Waals surface area (Å²) in [5.74, 6) is -4.55. The summed E-state index contributed by atoms with van der Waals surface area (Å²) in [5.41, 5.74) is 12.5. The Labute approximate surface area is 366 Å². The van der Waals surface area contributed by atoms with E-state index in [0.29, 0.717) is 19.3 Å². The summed E-state index contributed by atoms with van der Waals surface area (Å²) in [5, 5.41) is 22.5. The molecule has 9 N–H and O–H groups in total. The number of nitrogens with two attached hydrogens (primary N) is 2. The van der Waals surface area contributed by atoms with Gasteiger partial charge in [0.2, 0.25) is 35.4 Å². The lowest BCUT2D eigenvalue weighted by Crippen LogP contribution is -2.55. The van der Waals surface area contributed by atoms with Crippen LogP contribution in [0.4, 0.5) is 0 Å². The smallest absolute Gasteiger partial charge is 0.326 e. The Morgan fingerprint density at radius 3 is 1.58 bits per heavy atom. The van der Waals surface area contributed by atoms with Crippen LogP contribution in [-0.2, 0) is 46.4 Å². The van der Waals surface area contributed by atoms with Crippen LogP contribution in [0.2, 0.25) is 0 Å². The molecule has 14 heteroatoms. The maximum Gasteiger partial charge on any atom is 0.326 e. The van der Waals surface area contributed by atoms with Crippen LogP contribution in [0, 0.1) is 5.92 Å². The lowest BCUT2D eigenvalue weighted by Gasteiger charge is -2.26. The molecule has 14 nitrogen and oxygen atoms in total. The first-order valence-electron chi connectivity index (χ1n) is 22.3. The Morgan fingerprint density at radius 1 is 0.548 bits per heavy atom. The third-order valence-corrected chi connectivity index (χ3v) is 11.2. The van der Waals surface area contributed by atoms with Crippen molar-refractivity contribution >= 4 is 52.2 Å². The van der Waals surface area contributed by atoms with Crippen molar-refractivity contribution in [2.75, 3.05) is 0 Å². The van der Waals surface area contributed by atoms with Gasteiger partial charge < -0.3 is 37.8 Å². The average molecular weight is 857 g/mol. The Morgan fingerprint density at radius 2 is 1.05 bits per heavy atom. The van der Waals surface area contributed by atoms with Crippen LogP contribution in [-0.4, -0.2) is 70.7 Å². The Balaban J connectivity index is 1.24. The molecule has 0 saturated heterocycles. The second-order valence-corrected chi connectivity index (χ2v) is 16.4. The zero-order chi connectivity index (χ0) is 45.3. The molecule has 0 fully saturated rings. The number of carbonyl (C=O) groups excluding carboxylic acids is 6. The number of primary amides is 2. The van der Waals surface area contributed by atoms with Gasteiger partial charge in [-0.25, -0.2) is 4.79 Å². The Kier molecular flexibility index (Phi) is 22.8. The predicted molar refractivity (Wildman–Crippen MR) is 240 cm³/mol. The minimum atomic E-state index is -1.28. The molecule has 0 saturated carbocycles. The van der Waals surface area contributed by atoms with E-state index in [2.05, 4.69) is 21.3 Å². The van der Waals surface area contributed by atoms with Crippen molar-refractivity contribution in [2.24, 2.45) is 17.4 Å². The van der Waals surface area contributed by atoms with Crippen molar-refractivity contribution in [1.82, 2.24) is 21.3 Å². The first-order chi connectivity index (χ1) is 29.8. The molecule has 0 radical (unpaired) electrons. The Hall–Kier alpha value is -5.79. The summed E-state index contributed by atoms with van der Waals surface area (Å²) in [6, 6.07) is 18.4. The topological polar surface area (TPSA) is 240 Å². The lowest BCUT2D eigenvalue weighted by molar-refractivity contribution is -0.142. The number of fused-ring (bicyclic) bond motifs is 1. The van der Waals surface area contributed by atoms with E-state index in [-0.39, 0.29) is 31.1 Å². The van der Waals surface area contributed by atoms with Crippen molar-refractivity contribution in [3.8, 4) is 0 Å². The van der Waals surface area contributed by atoms with Crippen molar-refractivity contribution in [1.29, 1.82) is 0 Å². The molecular formula is C48H68N6O8. The van der Waals surface area contributed by atoms with E-state index < -0.39 is 66.1 Å². The molecule has 338 valence electrons. The van der Waals surface area contributed by atoms with Gasteiger partial charge >= 0.3 is 5.97 Å². The number of aliphatic carboxylic acids is 1. The fourth-order valence-electron chi connectivity index (χ4n) is 7.37. The van der Waals surface area contributed by atoms with Gasteiger partial charge in [-0.1, -0.05) is 157 Å². The molecule has 0 aromatic heterocycles. The molecule has 0 aliphatic heterocycles. The Bertz CT molecular complexity index is 1910. The summed E-state index contributed by atoms with van der Waals surface area (Å²) in [6.07, 6.45) is 12.7. The maximum atomic E-state index is 13.2. The van der Waals surface area contributed by atoms with Gasteiger partial charge in [-0.15, -0.1) is 0 Å². The SMILES string of the molecule is CCC(C)[C@H](NC(=O)CCCCCCCCCCCCCCC(=O)N[C@@H](CC(N)=O)C(=O)N[C@@H](Cc1ccc2ccccc2c1)C(=O)O)C(=O)N[C@@H](Cc1ccccc1)C(N)=O. The van der Waals surface area contributed by atoms with E-state index in [0.717, 1.165) is 92.5 Å². The largest absolute Gasteiger partial charge is 0.480 e. The van der Waals surface area contributed by atoms with E-state index in [9.17, 15) is 38.7 Å². The number of carboxylic acids is 1. The number of rotatable bonds is 31. The molecular weight excluding hydrogens is 789 g/mol. The van der Waals surface area contributed by atoms with Crippen molar-refractivity contribution in [3.05, 3.63) is 83.9 Å². The highest BCUT2D eigenvalue weighted by atomic mass is 16.4. The van der Waals surface area contributed by atoms with Gasteiger partial charge in [0, 0.05) is 25.7 Å². The summed E-state index contributed by atoms with van der Waals surface area (Å²) >= 11 is 0. The van der Waals surface area contributed by atoms with Gasteiger partial charge in [0.25, 0.3) is 0 Å². The minimum Gasteiger partial charge on any atom is -0.480 e. The zero-order valence-electron chi connectivity index (χ0n) is 36.5. The van der Waals surface area contributed by atoms with E-state index >= 15 is 0 Å². The number of hydrogen-bond donors (Lipinski definition) is 7. The summed E-state index contributed by atoms with van der Waals surface area (Å²) < 4.78 is 0. The third kappa shape index (κ3) is 19.3. The molecule has 3 rings (SSSR count). The van der Waals surface area contributed by atoms with E-state index in [1.165, 1.54) is 0 Å². The molecule has 0 spiro atoms. The quantitative estimate of drug-likeness (QED) is 0.0406. The minimum absolute atomic E-state index is 0.0230. The lowest BCUT2D eigenvalue weighted by atomic mass is 9.97. The number of unbranched alkanes of at least 4 members (excludes halogenated alkanes) is 11. The van der Waals surface area contributed by atoms with Gasteiger partial charge in [-0.2, -0.15) is 0 Å². The van der Waals surface area contributed by atoms with Gasteiger partial charge in [0.15, 0.2) is 0 Å². The molecule has 5 atom stereocenters. The summed E-state index contributed by atoms with van der Waals surface area (Å²) in [7, 11) is 0. The number of hydrogen-bond acceptors (Lipinski definition) is 7. The molecule has 6 amide bonds. The predicted octanol–water partition coefficient (Wildman–Crippen LogP) is 5.52. The van der Waals surface area contributed by atoms with Crippen molar-refractivity contribution in [3.63, 3.8) is 0 Å². The van der Waals surface area contributed by atoms with Gasteiger partial charge in [0.05, 0.1) is 6.42 Å². The standard InChI is InChI=1S/C48H68N6O8/c1-3-33(2)44(47(60)52-38(45(50)58)30-34-21-15-14-16-22-34)54-43(57)26-18-13-11-9-7-5-4-6-8-10-12-17-25-42(56)51-39(32-41(49)55)46(59)53-40(48(61)62)31-35-27-28-36-23-19-20-24-37(36)29-35/h14-16,19-24,27-29,33,38-40,44H,3-13,17-18,25-26,30-32H2,1-2H3,(H2,49,55)(H2,50,58)(H,51,56)(H,52,60)(H,53,59)(H,54,57)(H,61,62)/t33?,38-,39-,40-,44-/m0/s1. The number of benzene rings is 3. The summed E-state index contributed by atoms with van der Waals surface area (Å²) in [6.45, 7) is 3.85. The van der Waals surface area contributed by atoms with Gasteiger partial charge in [0.1, 0.15) is 24.2 Å². The van der Waals surface area contributed by atoms with Crippen LogP contribution in [0.15, 0.2) is 72.8 Å². The summed E-state index contributed by atoms with van der Waals surface area (Å²) in [4.78, 5) is 87.6.